The Labute approximate surface area is 139 Å². The minimum Gasteiger partial charge on any atom is -0.496 e. The maximum absolute atomic E-state index is 6.05. The first-order chi connectivity index (χ1) is 10.2. The van der Waals surface area contributed by atoms with Crippen molar-refractivity contribution in [1.82, 2.24) is 5.32 Å². The van der Waals surface area contributed by atoms with Crippen LogP contribution in [0.15, 0.2) is 47.4 Å². The van der Waals surface area contributed by atoms with Crippen molar-refractivity contribution in [1.29, 1.82) is 0 Å². The van der Waals surface area contributed by atoms with E-state index in [4.69, 9.17) is 27.9 Å². The van der Waals surface area contributed by atoms with E-state index in [1.54, 1.807) is 18.9 Å². The van der Waals surface area contributed by atoms with Gasteiger partial charge in [0.1, 0.15) is 5.75 Å². The lowest BCUT2D eigenvalue weighted by molar-refractivity contribution is 0.404. The summed E-state index contributed by atoms with van der Waals surface area (Å²) >= 11 is 13.7. The fraction of sp³-hybridized carbons (Fsp3) is 0.250. The molecule has 21 heavy (non-hydrogen) atoms. The fourth-order valence-corrected chi connectivity index (χ4v) is 3.46. The Morgan fingerprint density at radius 2 is 1.90 bits per heavy atom. The minimum absolute atomic E-state index is 0.195. The van der Waals surface area contributed by atoms with Crippen molar-refractivity contribution in [2.24, 2.45) is 0 Å². The molecule has 2 nitrogen and oxygen atoms in total. The van der Waals surface area contributed by atoms with Gasteiger partial charge in [-0.15, -0.1) is 11.8 Å². The van der Waals surface area contributed by atoms with Crippen LogP contribution in [0.4, 0.5) is 0 Å². The van der Waals surface area contributed by atoms with Crippen LogP contribution < -0.4 is 10.1 Å². The molecule has 112 valence electrons. The van der Waals surface area contributed by atoms with Gasteiger partial charge >= 0.3 is 0 Å². The van der Waals surface area contributed by atoms with Crippen LogP contribution in [-0.2, 0) is 0 Å². The Morgan fingerprint density at radius 3 is 2.57 bits per heavy atom. The number of halogens is 2. The third kappa shape index (κ3) is 4.30. The number of hydrogen-bond donors (Lipinski definition) is 1. The summed E-state index contributed by atoms with van der Waals surface area (Å²) in [6.45, 7) is 0. The topological polar surface area (TPSA) is 21.3 Å². The average molecular weight is 342 g/mol. The zero-order valence-corrected chi connectivity index (χ0v) is 14.2. The highest BCUT2D eigenvalue weighted by Gasteiger charge is 2.14. The predicted octanol–water partition coefficient (Wildman–Crippen LogP) is 5.05. The Balaban J connectivity index is 2.10. The second-order valence-electron chi connectivity index (χ2n) is 4.47. The third-order valence-electron chi connectivity index (χ3n) is 3.17. The molecule has 1 N–H and O–H groups in total. The number of methoxy groups -OCH3 is 1. The van der Waals surface area contributed by atoms with Crippen LogP contribution in [0.2, 0.25) is 10.0 Å². The molecule has 0 heterocycles. The number of para-hydroxylation sites is 1. The Hall–Kier alpha value is -0.870. The van der Waals surface area contributed by atoms with Crippen LogP contribution in [0, 0.1) is 0 Å². The number of nitrogens with one attached hydrogen (secondary N) is 1. The van der Waals surface area contributed by atoms with E-state index in [9.17, 15) is 0 Å². The van der Waals surface area contributed by atoms with Crippen LogP contribution in [0.25, 0.3) is 0 Å². The Kier molecular flexibility index (Phi) is 6.24. The van der Waals surface area contributed by atoms with E-state index in [-0.39, 0.29) is 6.04 Å². The molecule has 5 heteroatoms. The zero-order valence-electron chi connectivity index (χ0n) is 11.9. The Morgan fingerprint density at radius 1 is 1.14 bits per heavy atom. The molecule has 0 aliphatic rings. The van der Waals surface area contributed by atoms with Crippen molar-refractivity contribution in [2.75, 3.05) is 19.9 Å². The van der Waals surface area contributed by atoms with Gasteiger partial charge < -0.3 is 10.1 Å². The molecule has 0 saturated heterocycles. The van der Waals surface area contributed by atoms with Gasteiger partial charge in [-0.05, 0) is 31.3 Å². The van der Waals surface area contributed by atoms with Gasteiger partial charge in [-0.25, -0.2) is 0 Å². The van der Waals surface area contributed by atoms with Crippen molar-refractivity contribution < 1.29 is 4.74 Å². The van der Waals surface area contributed by atoms with E-state index in [1.807, 2.05) is 43.4 Å². The summed E-state index contributed by atoms with van der Waals surface area (Å²) in [7, 11) is 3.64. The van der Waals surface area contributed by atoms with Crippen LogP contribution in [0.3, 0.4) is 0 Å². The van der Waals surface area contributed by atoms with Crippen molar-refractivity contribution in [3.63, 3.8) is 0 Å². The second kappa shape index (κ2) is 7.95. The molecule has 0 radical (unpaired) electrons. The summed E-state index contributed by atoms with van der Waals surface area (Å²) in [5, 5.41) is 4.49. The molecule has 2 rings (SSSR count). The Bertz CT molecular complexity index is 607. The van der Waals surface area contributed by atoms with Gasteiger partial charge in [-0.3, -0.25) is 0 Å². The molecule has 0 bridgehead atoms. The number of rotatable bonds is 6. The summed E-state index contributed by atoms with van der Waals surface area (Å²) in [6, 6.07) is 13.9. The molecule has 0 aromatic heterocycles. The maximum atomic E-state index is 6.05. The fourth-order valence-electron chi connectivity index (χ4n) is 2.03. The van der Waals surface area contributed by atoms with Crippen LogP contribution >= 0.6 is 35.0 Å². The molecule has 0 aliphatic carbocycles. The third-order valence-corrected chi connectivity index (χ3v) is 5.00. The van der Waals surface area contributed by atoms with E-state index in [0.29, 0.717) is 10.0 Å². The molecule has 1 unspecified atom stereocenters. The van der Waals surface area contributed by atoms with Crippen molar-refractivity contribution >= 4 is 35.0 Å². The quantitative estimate of drug-likeness (QED) is 0.742. The monoisotopic (exact) mass is 341 g/mol. The van der Waals surface area contributed by atoms with Gasteiger partial charge in [0.25, 0.3) is 0 Å². The SMILES string of the molecule is CNC(CSc1ccc(Cl)c(Cl)c1)c1ccccc1OC. The highest BCUT2D eigenvalue weighted by Crippen LogP contribution is 2.32. The average Bonchev–Trinajstić information content (AvgIpc) is 2.51. The maximum Gasteiger partial charge on any atom is 0.123 e. The van der Waals surface area contributed by atoms with Crippen molar-refractivity contribution in [3.05, 3.63) is 58.1 Å². The van der Waals surface area contributed by atoms with E-state index in [0.717, 1.165) is 22.0 Å². The molecule has 0 fully saturated rings. The van der Waals surface area contributed by atoms with Crippen LogP contribution in [0.5, 0.6) is 5.75 Å². The minimum atomic E-state index is 0.195. The number of ether oxygens (including phenoxy) is 1. The molecular formula is C16H17Cl2NOS. The van der Waals surface area contributed by atoms with Gasteiger partial charge in [-0.1, -0.05) is 41.4 Å². The second-order valence-corrected chi connectivity index (χ2v) is 6.38. The molecule has 0 aliphatic heterocycles. The summed E-state index contributed by atoms with van der Waals surface area (Å²) < 4.78 is 5.43. The first kappa shape index (κ1) is 16.5. The highest BCUT2D eigenvalue weighted by molar-refractivity contribution is 7.99. The van der Waals surface area contributed by atoms with Crippen LogP contribution in [0.1, 0.15) is 11.6 Å². The molecule has 0 spiro atoms. The predicted molar refractivity (Wildman–Crippen MR) is 92.0 cm³/mol. The zero-order chi connectivity index (χ0) is 15.2. The van der Waals surface area contributed by atoms with E-state index in [2.05, 4.69) is 11.4 Å². The molecular weight excluding hydrogens is 325 g/mol. The number of hydrogen-bond acceptors (Lipinski definition) is 3. The summed E-state index contributed by atoms with van der Waals surface area (Å²) in [4.78, 5) is 1.10. The van der Waals surface area contributed by atoms with Gasteiger partial charge in [0.15, 0.2) is 0 Å². The summed E-state index contributed by atoms with van der Waals surface area (Å²) in [6.07, 6.45) is 0. The standard InChI is InChI=1S/C16H17Cl2NOS/c1-19-15(12-5-3-4-6-16(12)20-2)10-21-11-7-8-13(17)14(18)9-11/h3-9,15,19H,10H2,1-2H3. The largest absolute Gasteiger partial charge is 0.496 e. The number of benzene rings is 2. The summed E-state index contributed by atoms with van der Waals surface area (Å²) in [5.41, 5.74) is 1.15. The van der Waals surface area contributed by atoms with E-state index >= 15 is 0 Å². The molecule has 2 aromatic carbocycles. The molecule has 2 aromatic rings. The highest BCUT2D eigenvalue weighted by atomic mass is 35.5. The van der Waals surface area contributed by atoms with Crippen LogP contribution in [-0.4, -0.2) is 19.9 Å². The lowest BCUT2D eigenvalue weighted by atomic mass is 10.1. The molecule has 0 saturated carbocycles. The molecule has 1 atom stereocenters. The first-order valence-corrected chi connectivity index (χ1v) is 8.28. The normalized spacial score (nSPS) is 12.2. The van der Waals surface area contributed by atoms with Gasteiger partial charge in [0.05, 0.1) is 17.2 Å². The van der Waals surface area contributed by atoms with Crippen molar-refractivity contribution in [2.45, 2.75) is 10.9 Å². The van der Waals surface area contributed by atoms with E-state index < -0.39 is 0 Å². The first-order valence-electron chi connectivity index (χ1n) is 6.53. The summed E-state index contributed by atoms with van der Waals surface area (Å²) in [5.74, 6) is 1.76. The van der Waals surface area contributed by atoms with E-state index in [1.165, 1.54) is 0 Å². The lowest BCUT2D eigenvalue weighted by Crippen LogP contribution is -2.19. The van der Waals surface area contributed by atoms with Gasteiger partial charge in [0.2, 0.25) is 0 Å². The smallest absolute Gasteiger partial charge is 0.123 e. The lowest BCUT2D eigenvalue weighted by Gasteiger charge is -2.19. The molecule has 0 amide bonds. The van der Waals surface area contributed by atoms with Gasteiger partial charge in [0, 0.05) is 22.3 Å². The van der Waals surface area contributed by atoms with Gasteiger partial charge in [-0.2, -0.15) is 0 Å². The van der Waals surface area contributed by atoms with Crippen molar-refractivity contribution in [3.8, 4) is 5.75 Å². The number of thioether (sulfide) groups is 1.